The summed E-state index contributed by atoms with van der Waals surface area (Å²) in [7, 11) is 4.24. The molecule has 1 rings (SSSR count). The van der Waals surface area contributed by atoms with Crippen LogP contribution in [0.4, 0.5) is 0 Å². The van der Waals surface area contributed by atoms with Gasteiger partial charge in [0, 0.05) is 0 Å². The molecule has 0 heterocycles. The zero-order chi connectivity index (χ0) is 12.3. The maximum atomic E-state index is 11.6. The van der Waals surface area contributed by atoms with E-state index in [0.29, 0.717) is 16.9 Å². The van der Waals surface area contributed by atoms with Crippen LogP contribution >= 0.6 is 11.6 Å². The van der Waals surface area contributed by atoms with Gasteiger partial charge in [-0.25, -0.2) is 4.79 Å². The molecule has 0 fully saturated rings. The van der Waals surface area contributed by atoms with E-state index in [0.717, 1.165) is 0 Å². The minimum absolute atomic E-state index is 0.260. The molecule has 5 heteroatoms. The first-order valence-electron chi connectivity index (χ1n) is 4.56. The van der Waals surface area contributed by atoms with Gasteiger partial charge in [-0.05, 0) is 18.6 Å². The van der Waals surface area contributed by atoms with E-state index in [4.69, 9.17) is 21.1 Å². The molecule has 0 aliphatic rings. The number of rotatable bonds is 3. The lowest BCUT2D eigenvalue weighted by Crippen LogP contribution is -2.07. The molecule has 0 radical (unpaired) electrons. The molecule has 0 unspecified atom stereocenters. The third-order valence-corrected chi connectivity index (χ3v) is 2.56. The van der Waals surface area contributed by atoms with Gasteiger partial charge in [0.1, 0.15) is 16.3 Å². The van der Waals surface area contributed by atoms with Crippen LogP contribution in [0.25, 0.3) is 0 Å². The van der Waals surface area contributed by atoms with Gasteiger partial charge >= 0.3 is 5.97 Å². The molecule has 88 valence electrons. The van der Waals surface area contributed by atoms with Crippen LogP contribution in [-0.2, 0) is 4.74 Å². The normalized spacial score (nSPS) is 9.81. The second kappa shape index (κ2) is 5.07. The van der Waals surface area contributed by atoms with Crippen molar-refractivity contribution in [2.24, 2.45) is 0 Å². The van der Waals surface area contributed by atoms with Gasteiger partial charge < -0.3 is 14.2 Å². The fourth-order valence-corrected chi connectivity index (χ4v) is 1.73. The Balaban J connectivity index is 3.49. The summed E-state index contributed by atoms with van der Waals surface area (Å²) in [6.45, 7) is 1.76. The summed E-state index contributed by atoms with van der Waals surface area (Å²) in [5.74, 6) is 0.243. The lowest BCUT2D eigenvalue weighted by Gasteiger charge is -2.14. The van der Waals surface area contributed by atoms with Crippen LogP contribution in [0, 0.1) is 6.92 Å². The van der Waals surface area contributed by atoms with Gasteiger partial charge in [-0.15, -0.1) is 0 Å². The Kier molecular flexibility index (Phi) is 4.01. The quantitative estimate of drug-likeness (QED) is 0.766. The van der Waals surface area contributed by atoms with E-state index in [9.17, 15) is 4.79 Å². The molecule has 0 saturated heterocycles. The highest BCUT2D eigenvalue weighted by atomic mass is 35.5. The van der Waals surface area contributed by atoms with Crippen molar-refractivity contribution >= 4 is 17.6 Å². The molecule has 0 N–H and O–H groups in total. The molecular formula is C11H13ClO4. The number of methoxy groups -OCH3 is 3. The Hall–Kier alpha value is -1.42. The molecule has 1 aromatic carbocycles. The zero-order valence-corrected chi connectivity index (χ0v) is 10.3. The highest BCUT2D eigenvalue weighted by Gasteiger charge is 2.22. The van der Waals surface area contributed by atoms with Gasteiger partial charge in [0.2, 0.25) is 0 Å². The standard InChI is InChI=1S/C11H13ClO4/c1-6-5-7(14-2)9(12)10(15-3)8(6)11(13)16-4/h5H,1-4H3. The fraction of sp³-hybridized carbons (Fsp3) is 0.364. The molecule has 0 aromatic heterocycles. The van der Waals surface area contributed by atoms with Gasteiger partial charge in [-0.2, -0.15) is 0 Å². The molecule has 0 atom stereocenters. The molecule has 1 aromatic rings. The molecule has 0 aliphatic heterocycles. The van der Waals surface area contributed by atoms with E-state index in [1.54, 1.807) is 13.0 Å². The topological polar surface area (TPSA) is 44.8 Å². The summed E-state index contributed by atoms with van der Waals surface area (Å²) in [5, 5.41) is 0.260. The maximum Gasteiger partial charge on any atom is 0.341 e. The van der Waals surface area contributed by atoms with E-state index in [1.165, 1.54) is 21.3 Å². The predicted octanol–water partition coefficient (Wildman–Crippen LogP) is 2.45. The second-order valence-electron chi connectivity index (χ2n) is 3.11. The van der Waals surface area contributed by atoms with Crippen molar-refractivity contribution in [3.8, 4) is 11.5 Å². The van der Waals surface area contributed by atoms with Crippen LogP contribution in [0.3, 0.4) is 0 Å². The third-order valence-electron chi connectivity index (χ3n) is 2.20. The van der Waals surface area contributed by atoms with E-state index in [1.807, 2.05) is 0 Å². The average molecular weight is 245 g/mol. The first-order valence-corrected chi connectivity index (χ1v) is 4.94. The Morgan fingerprint density at radius 1 is 1.25 bits per heavy atom. The predicted molar refractivity (Wildman–Crippen MR) is 60.6 cm³/mol. The number of benzene rings is 1. The number of halogens is 1. The van der Waals surface area contributed by atoms with Crippen LogP contribution in [0.1, 0.15) is 15.9 Å². The Morgan fingerprint density at radius 3 is 2.31 bits per heavy atom. The number of carbonyl (C=O) groups is 1. The molecule has 16 heavy (non-hydrogen) atoms. The number of aryl methyl sites for hydroxylation is 1. The summed E-state index contributed by atoms with van der Waals surface area (Å²) in [4.78, 5) is 11.6. The van der Waals surface area contributed by atoms with Crippen LogP contribution in [0.15, 0.2) is 6.07 Å². The van der Waals surface area contributed by atoms with Crippen molar-refractivity contribution < 1.29 is 19.0 Å². The van der Waals surface area contributed by atoms with E-state index in [2.05, 4.69) is 4.74 Å². The number of carbonyl (C=O) groups excluding carboxylic acids is 1. The van der Waals surface area contributed by atoms with Crippen molar-refractivity contribution in [3.05, 3.63) is 22.2 Å². The van der Waals surface area contributed by atoms with Crippen LogP contribution in [-0.4, -0.2) is 27.3 Å². The van der Waals surface area contributed by atoms with Gasteiger partial charge in [-0.3, -0.25) is 0 Å². The average Bonchev–Trinajstić information content (AvgIpc) is 2.29. The lowest BCUT2D eigenvalue weighted by molar-refractivity contribution is 0.0596. The summed E-state index contributed by atoms with van der Waals surface area (Å²) >= 11 is 6.03. The van der Waals surface area contributed by atoms with Crippen molar-refractivity contribution in [2.75, 3.05) is 21.3 Å². The summed E-state index contributed by atoms with van der Waals surface area (Å²) in [6, 6.07) is 1.66. The van der Waals surface area contributed by atoms with Crippen LogP contribution in [0.5, 0.6) is 11.5 Å². The highest BCUT2D eigenvalue weighted by Crippen LogP contribution is 2.39. The minimum Gasteiger partial charge on any atom is -0.495 e. The summed E-state index contributed by atoms with van der Waals surface area (Å²) < 4.78 is 14.9. The maximum absolute atomic E-state index is 11.6. The monoisotopic (exact) mass is 244 g/mol. The highest BCUT2D eigenvalue weighted by molar-refractivity contribution is 6.34. The molecule has 0 bridgehead atoms. The van der Waals surface area contributed by atoms with Crippen molar-refractivity contribution in [2.45, 2.75) is 6.92 Å². The number of esters is 1. The second-order valence-corrected chi connectivity index (χ2v) is 3.49. The molecule has 0 amide bonds. The van der Waals surface area contributed by atoms with Gasteiger partial charge in [-0.1, -0.05) is 11.6 Å². The largest absolute Gasteiger partial charge is 0.495 e. The summed E-state index contributed by atoms with van der Waals surface area (Å²) in [6.07, 6.45) is 0. The Bertz CT molecular complexity index is 415. The Labute approximate surface area is 99.1 Å². The third kappa shape index (κ3) is 2.07. The number of hydrogen-bond acceptors (Lipinski definition) is 4. The lowest BCUT2D eigenvalue weighted by atomic mass is 10.1. The van der Waals surface area contributed by atoms with Crippen molar-refractivity contribution in [3.63, 3.8) is 0 Å². The van der Waals surface area contributed by atoms with Crippen LogP contribution < -0.4 is 9.47 Å². The van der Waals surface area contributed by atoms with Gasteiger partial charge in [0.05, 0.1) is 21.3 Å². The Morgan fingerprint density at radius 2 is 1.88 bits per heavy atom. The molecular weight excluding hydrogens is 232 g/mol. The van der Waals surface area contributed by atoms with E-state index >= 15 is 0 Å². The molecule has 0 saturated carbocycles. The molecule has 4 nitrogen and oxygen atoms in total. The van der Waals surface area contributed by atoms with Crippen molar-refractivity contribution in [1.29, 1.82) is 0 Å². The first-order chi connectivity index (χ1) is 7.56. The van der Waals surface area contributed by atoms with Crippen LogP contribution in [0.2, 0.25) is 5.02 Å². The SMILES string of the molecule is COC(=O)c1c(C)cc(OC)c(Cl)c1OC. The smallest absolute Gasteiger partial charge is 0.341 e. The molecule has 0 spiro atoms. The van der Waals surface area contributed by atoms with Gasteiger partial charge in [0.15, 0.2) is 5.75 Å². The molecule has 0 aliphatic carbocycles. The van der Waals surface area contributed by atoms with E-state index in [-0.39, 0.29) is 10.8 Å². The van der Waals surface area contributed by atoms with E-state index < -0.39 is 5.97 Å². The summed E-state index contributed by atoms with van der Waals surface area (Å²) in [5.41, 5.74) is 1.00. The number of hydrogen-bond donors (Lipinski definition) is 0. The van der Waals surface area contributed by atoms with Gasteiger partial charge in [0.25, 0.3) is 0 Å². The fourth-order valence-electron chi connectivity index (χ4n) is 1.43. The first kappa shape index (κ1) is 12.6. The minimum atomic E-state index is -0.487. The zero-order valence-electron chi connectivity index (χ0n) is 9.59. The van der Waals surface area contributed by atoms with Crippen molar-refractivity contribution in [1.82, 2.24) is 0 Å². The number of ether oxygens (including phenoxy) is 3.